The molecule has 0 bridgehead atoms. The van der Waals surface area contributed by atoms with Gasteiger partial charge in [0.15, 0.2) is 5.96 Å². The zero-order valence-corrected chi connectivity index (χ0v) is 11.0. The standard InChI is InChI=1S/C13H18F3N3/c1-3-17-12(18-4-2)19-9-10-5-7-11(8-6-10)13(14,15)16/h5-8H,3-4,9H2,1-2H3,(H2,17,18,19). The molecule has 2 N–H and O–H groups in total. The van der Waals surface area contributed by atoms with Gasteiger partial charge in [-0.3, -0.25) is 0 Å². The van der Waals surface area contributed by atoms with Crippen molar-refractivity contribution in [3.8, 4) is 0 Å². The number of alkyl halides is 3. The molecular weight excluding hydrogens is 255 g/mol. The molecule has 0 fully saturated rings. The van der Waals surface area contributed by atoms with E-state index in [4.69, 9.17) is 0 Å². The van der Waals surface area contributed by atoms with Crippen molar-refractivity contribution >= 4 is 5.96 Å². The van der Waals surface area contributed by atoms with Crippen molar-refractivity contribution in [1.29, 1.82) is 0 Å². The second kappa shape index (κ2) is 7.01. The molecule has 3 nitrogen and oxygen atoms in total. The predicted octanol–water partition coefficient (Wildman–Crippen LogP) is 2.78. The summed E-state index contributed by atoms with van der Waals surface area (Å²) in [4.78, 5) is 4.28. The molecule has 6 heteroatoms. The lowest BCUT2D eigenvalue weighted by Gasteiger charge is -2.09. The highest BCUT2D eigenvalue weighted by Crippen LogP contribution is 2.29. The first-order chi connectivity index (χ1) is 8.97. The summed E-state index contributed by atoms with van der Waals surface area (Å²) < 4.78 is 37.2. The highest BCUT2D eigenvalue weighted by atomic mass is 19.4. The van der Waals surface area contributed by atoms with Gasteiger partial charge in [0.1, 0.15) is 0 Å². The molecule has 0 saturated carbocycles. The van der Waals surface area contributed by atoms with Gasteiger partial charge in [-0.15, -0.1) is 0 Å². The molecule has 0 amide bonds. The van der Waals surface area contributed by atoms with E-state index in [0.29, 0.717) is 12.5 Å². The van der Waals surface area contributed by atoms with E-state index >= 15 is 0 Å². The molecule has 0 aliphatic heterocycles. The van der Waals surface area contributed by atoms with Crippen LogP contribution in [-0.4, -0.2) is 19.0 Å². The highest BCUT2D eigenvalue weighted by molar-refractivity contribution is 5.79. The molecule has 1 rings (SSSR count). The van der Waals surface area contributed by atoms with Gasteiger partial charge in [-0.1, -0.05) is 12.1 Å². The molecule has 1 aromatic rings. The average molecular weight is 273 g/mol. The molecule has 0 aliphatic carbocycles. The molecule has 106 valence electrons. The molecule has 0 saturated heterocycles. The predicted molar refractivity (Wildman–Crippen MR) is 69.9 cm³/mol. The molecule has 0 unspecified atom stereocenters. The van der Waals surface area contributed by atoms with Crippen LogP contribution >= 0.6 is 0 Å². The summed E-state index contributed by atoms with van der Waals surface area (Å²) >= 11 is 0. The summed E-state index contributed by atoms with van der Waals surface area (Å²) in [6.45, 7) is 5.71. The van der Waals surface area contributed by atoms with Crippen molar-refractivity contribution in [2.45, 2.75) is 26.6 Å². The SMILES string of the molecule is CCNC(=NCc1ccc(C(F)(F)F)cc1)NCC. The number of nitrogens with one attached hydrogen (secondary N) is 2. The summed E-state index contributed by atoms with van der Waals surface area (Å²) in [5, 5.41) is 6.10. The van der Waals surface area contributed by atoms with Crippen LogP contribution in [0.1, 0.15) is 25.0 Å². The molecule has 0 spiro atoms. The van der Waals surface area contributed by atoms with E-state index in [1.807, 2.05) is 13.8 Å². The monoisotopic (exact) mass is 273 g/mol. The van der Waals surface area contributed by atoms with Crippen molar-refractivity contribution in [3.63, 3.8) is 0 Å². The fourth-order valence-electron chi connectivity index (χ4n) is 1.48. The maximum atomic E-state index is 12.4. The third-order valence-corrected chi connectivity index (χ3v) is 2.39. The summed E-state index contributed by atoms with van der Waals surface area (Å²) in [6, 6.07) is 5.04. The van der Waals surface area contributed by atoms with Crippen molar-refractivity contribution in [2.24, 2.45) is 4.99 Å². The Morgan fingerprint density at radius 1 is 1.05 bits per heavy atom. The summed E-state index contributed by atoms with van der Waals surface area (Å²) in [5.41, 5.74) is 0.0973. The zero-order chi connectivity index (χ0) is 14.3. The van der Waals surface area contributed by atoms with Gasteiger partial charge >= 0.3 is 6.18 Å². The van der Waals surface area contributed by atoms with Crippen molar-refractivity contribution < 1.29 is 13.2 Å². The second-order valence-corrected chi connectivity index (χ2v) is 3.92. The molecule has 1 aromatic carbocycles. The first kappa shape index (κ1) is 15.3. The normalized spacial score (nSPS) is 11.0. The smallest absolute Gasteiger partial charge is 0.357 e. The maximum absolute atomic E-state index is 12.4. The Morgan fingerprint density at radius 2 is 1.58 bits per heavy atom. The van der Waals surface area contributed by atoms with Gasteiger partial charge in [-0.2, -0.15) is 13.2 Å². The fraction of sp³-hybridized carbons (Fsp3) is 0.462. The van der Waals surface area contributed by atoms with Crippen molar-refractivity contribution in [3.05, 3.63) is 35.4 Å². The van der Waals surface area contributed by atoms with Gasteiger partial charge in [0.2, 0.25) is 0 Å². The van der Waals surface area contributed by atoms with Crippen LogP contribution in [0.4, 0.5) is 13.2 Å². The van der Waals surface area contributed by atoms with Crippen LogP contribution in [0.25, 0.3) is 0 Å². The minimum absolute atomic E-state index is 0.341. The van der Waals surface area contributed by atoms with Gasteiger partial charge in [0.25, 0.3) is 0 Å². The number of aliphatic imine (C=N–C) groups is 1. The number of nitrogens with zero attached hydrogens (tertiary/aromatic N) is 1. The molecule has 0 radical (unpaired) electrons. The Labute approximate surface area is 110 Å². The van der Waals surface area contributed by atoms with E-state index in [0.717, 1.165) is 30.8 Å². The van der Waals surface area contributed by atoms with Crippen LogP contribution in [0.15, 0.2) is 29.3 Å². The Morgan fingerprint density at radius 3 is 2.00 bits per heavy atom. The van der Waals surface area contributed by atoms with Gasteiger partial charge in [0, 0.05) is 13.1 Å². The number of halogens is 3. The van der Waals surface area contributed by atoms with E-state index in [9.17, 15) is 13.2 Å². The van der Waals surface area contributed by atoms with Crippen molar-refractivity contribution in [2.75, 3.05) is 13.1 Å². The van der Waals surface area contributed by atoms with Crippen LogP contribution < -0.4 is 10.6 Å². The molecule has 0 aliphatic rings. The van der Waals surface area contributed by atoms with Crippen LogP contribution in [0, 0.1) is 0 Å². The highest BCUT2D eigenvalue weighted by Gasteiger charge is 2.29. The zero-order valence-electron chi connectivity index (χ0n) is 11.0. The van der Waals surface area contributed by atoms with Gasteiger partial charge in [0.05, 0.1) is 12.1 Å². The second-order valence-electron chi connectivity index (χ2n) is 3.92. The maximum Gasteiger partial charge on any atom is 0.416 e. The number of rotatable bonds is 4. The first-order valence-corrected chi connectivity index (χ1v) is 6.15. The first-order valence-electron chi connectivity index (χ1n) is 6.15. The quantitative estimate of drug-likeness (QED) is 0.653. The summed E-state index contributed by atoms with van der Waals surface area (Å²) in [6.07, 6.45) is -4.29. The van der Waals surface area contributed by atoms with E-state index < -0.39 is 11.7 Å². The van der Waals surface area contributed by atoms with Crippen LogP contribution in [0.5, 0.6) is 0 Å². The van der Waals surface area contributed by atoms with Crippen LogP contribution in [0.3, 0.4) is 0 Å². The number of hydrogen-bond donors (Lipinski definition) is 2. The van der Waals surface area contributed by atoms with Crippen LogP contribution in [-0.2, 0) is 12.7 Å². The summed E-state index contributed by atoms with van der Waals surface area (Å²) in [7, 11) is 0. The molecule has 0 atom stereocenters. The third-order valence-electron chi connectivity index (χ3n) is 2.39. The van der Waals surface area contributed by atoms with Gasteiger partial charge in [-0.05, 0) is 31.5 Å². The molecule has 0 heterocycles. The van der Waals surface area contributed by atoms with E-state index in [1.54, 1.807) is 0 Å². The number of guanidine groups is 1. The Balaban J connectivity index is 2.69. The number of benzene rings is 1. The fourth-order valence-corrected chi connectivity index (χ4v) is 1.48. The molecule has 0 aromatic heterocycles. The molecule has 19 heavy (non-hydrogen) atoms. The lowest BCUT2D eigenvalue weighted by molar-refractivity contribution is -0.137. The van der Waals surface area contributed by atoms with E-state index in [-0.39, 0.29) is 0 Å². The number of hydrogen-bond acceptors (Lipinski definition) is 1. The lowest BCUT2D eigenvalue weighted by Crippen LogP contribution is -2.36. The minimum Gasteiger partial charge on any atom is -0.357 e. The van der Waals surface area contributed by atoms with Crippen molar-refractivity contribution in [1.82, 2.24) is 10.6 Å². The lowest BCUT2D eigenvalue weighted by atomic mass is 10.1. The van der Waals surface area contributed by atoms with Gasteiger partial charge < -0.3 is 10.6 Å². The van der Waals surface area contributed by atoms with Gasteiger partial charge in [-0.25, -0.2) is 4.99 Å². The minimum atomic E-state index is -4.29. The van der Waals surface area contributed by atoms with Crippen LogP contribution in [0.2, 0.25) is 0 Å². The Bertz CT molecular complexity index is 402. The van der Waals surface area contributed by atoms with E-state index in [2.05, 4.69) is 15.6 Å². The third kappa shape index (κ3) is 5.19. The average Bonchev–Trinajstić information content (AvgIpc) is 2.36. The topological polar surface area (TPSA) is 36.4 Å². The molecular formula is C13H18F3N3. The largest absolute Gasteiger partial charge is 0.416 e. The Kier molecular flexibility index (Phi) is 5.66. The Hall–Kier alpha value is -1.72. The van der Waals surface area contributed by atoms with E-state index in [1.165, 1.54) is 12.1 Å². The summed E-state index contributed by atoms with van der Waals surface area (Å²) in [5.74, 6) is 0.657.